The third-order valence-corrected chi connectivity index (χ3v) is 6.47. The molecule has 0 radical (unpaired) electrons. The standard InChI is InChI=1S/C21H24ClFN4O2/c1-24-21(25-7-6-12-4-5-15(23)11-16(12)22)26-8-9-27-19(28)17-13-2-3-14(10-13)18(17)20(27)29/h2-5,11,13-14,17-18H,6-10H2,1H3,(H2,24,25,26). The Morgan fingerprint density at radius 1 is 1.17 bits per heavy atom. The molecule has 6 nitrogen and oxygen atoms in total. The average molecular weight is 419 g/mol. The molecule has 154 valence electrons. The Kier molecular flexibility index (Phi) is 5.58. The number of hydrogen-bond acceptors (Lipinski definition) is 3. The minimum atomic E-state index is -0.358. The molecule has 0 aromatic heterocycles. The van der Waals surface area contributed by atoms with Gasteiger partial charge in [0.25, 0.3) is 0 Å². The highest BCUT2D eigenvalue weighted by atomic mass is 35.5. The zero-order chi connectivity index (χ0) is 20.5. The quantitative estimate of drug-likeness (QED) is 0.321. The van der Waals surface area contributed by atoms with Crippen molar-refractivity contribution in [1.82, 2.24) is 15.5 Å². The van der Waals surface area contributed by atoms with Crippen molar-refractivity contribution in [3.05, 3.63) is 46.8 Å². The summed E-state index contributed by atoms with van der Waals surface area (Å²) in [5.41, 5.74) is 0.846. The van der Waals surface area contributed by atoms with Crippen LogP contribution in [0.4, 0.5) is 4.39 Å². The molecule has 0 spiro atoms. The fraction of sp³-hybridized carbons (Fsp3) is 0.476. The third-order valence-electron chi connectivity index (χ3n) is 6.11. The van der Waals surface area contributed by atoms with Gasteiger partial charge in [-0.15, -0.1) is 0 Å². The van der Waals surface area contributed by atoms with Crippen LogP contribution in [0.1, 0.15) is 12.0 Å². The lowest BCUT2D eigenvalue weighted by Crippen LogP contribution is -2.44. The van der Waals surface area contributed by atoms with Crippen molar-refractivity contribution in [2.24, 2.45) is 28.7 Å². The van der Waals surface area contributed by atoms with Crippen molar-refractivity contribution >= 4 is 29.4 Å². The SMILES string of the molecule is CN=C(NCCc1ccc(F)cc1Cl)NCCN1C(=O)C2C3C=CC(C3)C2C1=O. The lowest BCUT2D eigenvalue weighted by atomic mass is 9.85. The second kappa shape index (κ2) is 8.14. The number of rotatable bonds is 6. The molecule has 1 saturated heterocycles. The van der Waals surface area contributed by atoms with E-state index >= 15 is 0 Å². The molecule has 8 heteroatoms. The summed E-state index contributed by atoms with van der Waals surface area (Å²) in [7, 11) is 1.65. The van der Waals surface area contributed by atoms with Crippen LogP contribution in [0.25, 0.3) is 0 Å². The van der Waals surface area contributed by atoms with Gasteiger partial charge in [0.15, 0.2) is 5.96 Å². The fourth-order valence-corrected chi connectivity index (χ4v) is 4.99. The van der Waals surface area contributed by atoms with E-state index in [-0.39, 0.29) is 41.3 Å². The number of nitrogens with zero attached hydrogens (tertiary/aromatic N) is 2. The van der Waals surface area contributed by atoms with Crippen molar-refractivity contribution in [1.29, 1.82) is 0 Å². The number of fused-ring (bicyclic) bond motifs is 5. The Balaban J connectivity index is 1.23. The number of amides is 2. The van der Waals surface area contributed by atoms with Gasteiger partial charge in [0.2, 0.25) is 11.8 Å². The first kappa shape index (κ1) is 19.9. The molecule has 1 saturated carbocycles. The first-order valence-electron chi connectivity index (χ1n) is 9.91. The molecule has 2 amide bonds. The molecule has 1 aromatic rings. The van der Waals surface area contributed by atoms with Crippen molar-refractivity contribution in [3.63, 3.8) is 0 Å². The van der Waals surface area contributed by atoms with Gasteiger partial charge in [0, 0.05) is 31.7 Å². The van der Waals surface area contributed by atoms with Gasteiger partial charge in [-0.3, -0.25) is 19.5 Å². The zero-order valence-electron chi connectivity index (χ0n) is 16.2. The third kappa shape index (κ3) is 3.75. The van der Waals surface area contributed by atoms with Gasteiger partial charge in [-0.2, -0.15) is 0 Å². The molecular weight excluding hydrogens is 395 g/mol. The molecule has 2 N–H and O–H groups in total. The molecule has 1 aromatic carbocycles. The highest BCUT2D eigenvalue weighted by molar-refractivity contribution is 6.31. The smallest absolute Gasteiger partial charge is 0.233 e. The van der Waals surface area contributed by atoms with Crippen LogP contribution in [0.2, 0.25) is 5.02 Å². The van der Waals surface area contributed by atoms with Crippen LogP contribution in [0, 0.1) is 29.5 Å². The van der Waals surface area contributed by atoms with Crippen LogP contribution >= 0.6 is 11.6 Å². The van der Waals surface area contributed by atoms with Crippen LogP contribution < -0.4 is 10.6 Å². The number of benzene rings is 1. The van der Waals surface area contributed by atoms with Gasteiger partial charge in [0.1, 0.15) is 5.82 Å². The summed E-state index contributed by atoms with van der Waals surface area (Å²) < 4.78 is 13.1. The lowest BCUT2D eigenvalue weighted by molar-refractivity contribution is -0.140. The summed E-state index contributed by atoms with van der Waals surface area (Å²) in [6, 6.07) is 4.35. The number of hydrogen-bond donors (Lipinski definition) is 2. The number of aliphatic imine (C=N–C) groups is 1. The molecule has 4 rings (SSSR count). The van der Waals surface area contributed by atoms with Crippen LogP contribution in [-0.2, 0) is 16.0 Å². The Morgan fingerprint density at radius 2 is 1.83 bits per heavy atom. The normalized spacial score (nSPS) is 27.7. The molecule has 3 aliphatic rings. The van der Waals surface area contributed by atoms with E-state index in [1.165, 1.54) is 17.0 Å². The topological polar surface area (TPSA) is 73.8 Å². The van der Waals surface area contributed by atoms with Crippen LogP contribution in [0.15, 0.2) is 35.3 Å². The first-order valence-corrected chi connectivity index (χ1v) is 10.3. The van der Waals surface area contributed by atoms with E-state index < -0.39 is 0 Å². The van der Waals surface area contributed by atoms with Gasteiger partial charge < -0.3 is 10.6 Å². The molecule has 2 aliphatic carbocycles. The van der Waals surface area contributed by atoms with Crippen LogP contribution in [0.5, 0.6) is 0 Å². The Labute approximate surface area is 174 Å². The lowest BCUT2D eigenvalue weighted by Gasteiger charge is -2.18. The van der Waals surface area contributed by atoms with E-state index in [1.54, 1.807) is 13.1 Å². The fourth-order valence-electron chi connectivity index (χ4n) is 4.73. The number of carbonyl (C=O) groups excluding carboxylic acids is 2. The first-order chi connectivity index (χ1) is 14.0. The van der Waals surface area contributed by atoms with Crippen molar-refractivity contribution in [2.75, 3.05) is 26.7 Å². The number of likely N-dealkylation sites (tertiary alicyclic amines) is 1. The molecule has 2 fully saturated rings. The van der Waals surface area contributed by atoms with Gasteiger partial charge in [0.05, 0.1) is 11.8 Å². The maximum absolute atomic E-state index is 13.1. The van der Waals surface area contributed by atoms with Crippen LogP contribution in [0.3, 0.4) is 0 Å². The molecule has 1 aliphatic heterocycles. The number of guanidine groups is 1. The zero-order valence-corrected chi connectivity index (χ0v) is 17.0. The number of carbonyl (C=O) groups is 2. The second-order valence-corrected chi connectivity index (χ2v) is 8.15. The van der Waals surface area contributed by atoms with Crippen LogP contribution in [-0.4, -0.2) is 49.4 Å². The number of allylic oxidation sites excluding steroid dienone is 2. The molecule has 1 heterocycles. The molecular formula is C21H24ClFN4O2. The van der Waals surface area contributed by atoms with Crippen molar-refractivity contribution in [2.45, 2.75) is 12.8 Å². The van der Waals surface area contributed by atoms with Crippen molar-refractivity contribution < 1.29 is 14.0 Å². The number of imide groups is 1. The highest BCUT2D eigenvalue weighted by Crippen LogP contribution is 2.52. The maximum Gasteiger partial charge on any atom is 0.233 e. The molecule has 4 atom stereocenters. The highest BCUT2D eigenvalue weighted by Gasteiger charge is 2.58. The predicted molar refractivity (Wildman–Crippen MR) is 109 cm³/mol. The van der Waals surface area contributed by atoms with Crippen molar-refractivity contribution in [3.8, 4) is 0 Å². The van der Waals surface area contributed by atoms with Gasteiger partial charge in [-0.25, -0.2) is 4.39 Å². The number of halogens is 2. The van der Waals surface area contributed by atoms with Gasteiger partial charge >= 0.3 is 0 Å². The largest absolute Gasteiger partial charge is 0.356 e. The molecule has 4 unspecified atom stereocenters. The summed E-state index contributed by atoms with van der Waals surface area (Å²) >= 11 is 6.04. The second-order valence-electron chi connectivity index (χ2n) is 7.74. The Bertz CT molecular complexity index is 857. The Morgan fingerprint density at radius 3 is 2.45 bits per heavy atom. The predicted octanol–water partition coefficient (Wildman–Crippen LogP) is 1.99. The summed E-state index contributed by atoms with van der Waals surface area (Å²) in [4.78, 5) is 30.9. The van der Waals surface area contributed by atoms with E-state index in [0.29, 0.717) is 37.0 Å². The summed E-state index contributed by atoms with van der Waals surface area (Å²) in [5, 5.41) is 6.69. The van der Waals surface area contributed by atoms with Gasteiger partial charge in [-0.1, -0.05) is 29.8 Å². The molecule has 2 bridgehead atoms. The minimum Gasteiger partial charge on any atom is -0.356 e. The monoisotopic (exact) mass is 418 g/mol. The average Bonchev–Trinajstić information content (AvgIpc) is 3.37. The maximum atomic E-state index is 13.1. The summed E-state index contributed by atoms with van der Waals surface area (Å²) in [6.07, 6.45) is 5.74. The summed E-state index contributed by atoms with van der Waals surface area (Å²) in [5.74, 6) is 0.289. The van der Waals surface area contributed by atoms with Gasteiger partial charge in [-0.05, 0) is 42.4 Å². The number of nitrogens with one attached hydrogen (secondary N) is 2. The summed E-state index contributed by atoms with van der Waals surface area (Å²) in [6.45, 7) is 1.32. The molecule has 29 heavy (non-hydrogen) atoms. The van der Waals surface area contributed by atoms with E-state index in [4.69, 9.17) is 11.6 Å². The minimum absolute atomic E-state index is 0.0347. The van der Waals surface area contributed by atoms with E-state index in [0.717, 1.165) is 12.0 Å². The van der Waals surface area contributed by atoms with E-state index in [9.17, 15) is 14.0 Å². The van der Waals surface area contributed by atoms with E-state index in [2.05, 4.69) is 27.8 Å². The van der Waals surface area contributed by atoms with E-state index in [1.807, 2.05) is 0 Å². The Hall–Kier alpha value is -2.41.